The van der Waals surface area contributed by atoms with E-state index in [2.05, 4.69) is 26.2 Å². The summed E-state index contributed by atoms with van der Waals surface area (Å²) >= 11 is 9.22. The Balaban J connectivity index is 2.22. The van der Waals surface area contributed by atoms with E-state index in [0.717, 1.165) is 20.9 Å². The van der Waals surface area contributed by atoms with Crippen LogP contribution in [-0.4, -0.2) is 4.98 Å². The minimum Gasteiger partial charge on any atom is -0.355 e. The van der Waals surface area contributed by atoms with Gasteiger partial charge in [-0.05, 0) is 46.3 Å². The Morgan fingerprint density at radius 2 is 1.87 bits per heavy atom. The number of rotatable bonds is 2. The molecule has 1 aromatic heterocycles. The van der Waals surface area contributed by atoms with Gasteiger partial charge in [0.1, 0.15) is 0 Å². The van der Waals surface area contributed by atoms with Crippen molar-refractivity contribution in [3.8, 4) is 0 Å². The summed E-state index contributed by atoms with van der Waals surface area (Å²) in [5.74, 6) is 0. The smallest absolute Gasteiger partial charge is 0.0593 e. The van der Waals surface area contributed by atoms with Crippen molar-refractivity contribution in [2.45, 2.75) is 0 Å². The van der Waals surface area contributed by atoms with Crippen LogP contribution in [0.3, 0.4) is 0 Å². The fourth-order valence-corrected chi connectivity index (χ4v) is 1.64. The molecule has 0 saturated heterocycles. The Hall–Kier alpha value is -1.06. The van der Waals surface area contributed by atoms with Gasteiger partial charge in [-0.25, -0.2) is 0 Å². The average molecular weight is 284 g/mol. The van der Waals surface area contributed by atoms with Gasteiger partial charge in [-0.2, -0.15) is 0 Å². The van der Waals surface area contributed by atoms with Gasteiger partial charge in [0, 0.05) is 23.1 Å². The van der Waals surface area contributed by atoms with Crippen molar-refractivity contribution >= 4 is 38.9 Å². The monoisotopic (exact) mass is 282 g/mol. The Labute approximate surface area is 101 Å². The zero-order valence-electron chi connectivity index (χ0n) is 7.74. The van der Waals surface area contributed by atoms with E-state index in [1.54, 1.807) is 12.4 Å². The number of benzene rings is 1. The molecule has 0 spiro atoms. The van der Waals surface area contributed by atoms with Crippen molar-refractivity contribution in [2.75, 3.05) is 5.32 Å². The van der Waals surface area contributed by atoms with Crippen molar-refractivity contribution in [3.63, 3.8) is 0 Å². The van der Waals surface area contributed by atoms with E-state index in [9.17, 15) is 0 Å². The summed E-state index contributed by atoms with van der Waals surface area (Å²) in [7, 11) is 0. The predicted molar refractivity (Wildman–Crippen MR) is 66.7 cm³/mol. The highest BCUT2D eigenvalue weighted by Crippen LogP contribution is 2.24. The molecule has 0 bridgehead atoms. The molecule has 0 radical (unpaired) electrons. The first kappa shape index (κ1) is 10.5. The van der Waals surface area contributed by atoms with Crippen LogP contribution in [-0.2, 0) is 0 Å². The lowest BCUT2D eigenvalue weighted by Gasteiger charge is -2.07. The second kappa shape index (κ2) is 4.64. The molecule has 0 aliphatic heterocycles. The molecule has 76 valence electrons. The number of pyridine rings is 1. The quantitative estimate of drug-likeness (QED) is 0.891. The minimum atomic E-state index is 0.731. The van der Waals surface area contributed by atoms with Crippen LogP contribution in [0.5, 0.6) is 0 Å². The van der Waals surface area contributed by atoms with E-state index in [0.29, 0.717) is 0 Å². The standard InChI is InChI=1S/C11H8BrClN2/c12-10-7-14-6-5-11(10)15-9-3-1-8(13)2-4-9/h1-7H,(H,14,15). The van der Waals surface area contributed by atoms with E-state index in [4.69, 9.17) is 11.6 Å². The third-order valence-electron chi connectivity index (χ3n) is 1.90. The summed E-state index contributed by atoms with van der Waals surface area (Å²) in [6.45, 7) is 0. The molecule has 0 amide bonds. The van der Waals surface area contributed by atoms with Gasteiger partial charge in [-0.15, -0.1) is 0 Å². The van der Waals surface area contributed by atoms with Crippen molar-refractivity contribution in [3.05, 3.63) is 52.2 Å². The molecule has 2 aromatic rings. The molecule has 0 atom stereocenters. The molecule has 1 aromatic carbocycles. The van der Waals surface area contributed by atoms with Crippen LogP contribution in [0, 0.1) is 0 Å². The molecule has 2 nitrogen and oxygen atoms in total. The zero-order valence-corrected chi connectivity index (χ0v) is 10.1. The second-order valence-corrected chi connectivity index (χ2v) is 4.28. The number of hydrogen-bond donors (Lipinski definition) is 1. The Bertz CT molecular complexity index is 456. The van der Waals surface area contributed by atoms with Crippen molar-refractivity contribution < 1.29 is 0 Å². The number of halogens is 2. The first-order valence-electron chi connectivity index (χ1n) is 4.38. The SMILES string of the molecule is Clc1ccc(Nc2ccncc2Br)cc1. The lowest BCUT2D eigenvalue weighted by Crippen LogP contribution is -1.91. The molecule has 4 heteroatoms. The van der Waals surface area contributed by atoms with Gasteiger partial charge in [0.2, 0.25) is 0 Å². The molecular weight excluding hydrogens is 275 g/mol. The van der Waals surface area contributed by atoms with Crippen LogP contribution in [0.4, 0.5) is 11.4 Å². The molecule has 0 unspecified atom stereocenters. The number of anilines is 2. The largest absolute Gasteiger partial charge is 0.355 e. The summed E-state index contributed by atoms with van der Waals surface area (Å²) in [6, 6.07) is 9.45. The third-order valence-corrected chi connectivity index (χ3v) is 2.78. The van der Waals surface area contributed by atoms with Crippen molar-refractivity contribution in [2.24, 2.45) is 0 Å². The van der Waals surface area contributed by atoms with E-state index in [1.165, 1.54) is 0 Å². The number of nitrogens with one attached hydrogen (secondary N) is 1. The second-order valence-electron chi connectivity index (χ2n) is 2.99. The molecular formula is C11H8BrClN2. The molecule has 0 aliphatic rings. The van der Waals surface area contributed by atoms with Gasteiger partial charge in [0.05, 0.1) is 10.2 Å². The summed E-state index contributed by atoms with van der Waals surface area (Å²) in [6.07, 6.45) is 3.49. The highest BCUT2D eigenvalue weighted by atomic mass is 79.9. The lowest BCUT2D eigenvalue weighted by molar-refractivity contribution is 1.30. The Morgan fingerprint density at radius 1 is 1.13 bits per heavy atom. The van der Waals surface area contributed by atoms with Gasteiger partial charge in [-0.1, -0.05) is 11.6 Å². The van der Waals surface area contributed by atoms with E-state index in [-0.39, 0.29) is 0 Å². The molecule has 1 N–H and O–H groups in total. The van der Waals surface area contributed by atoms with Crippen LogP contribution < -0.4 is 5.32 Å². The average Bonchev–Trinajstić information content (AvgIpc) is 2.25. The fraction of sp³-hybridized carbons (Fsp3) is 0. The summed E-state index contributed by atoms with van der Waals surface area (Å²) in [4.78, 5) is 3.99. The summed E-state index contributed by atoms with van der Waals surface area (Å²) < 4.78 is 0.931. The number of hydrogen-bond acceptors (Lipinski definition) is 2. The maximum atomic E-state index is 5.80. The molecule has 15 heavy (non-hydrogen) atoms. The number of aromatic nitrogens is 1. The fourth-order valence-electron chi connectivity index (χ4n) is 1.17. The maximum Gasteiger partial charge on any atom is 0.0593 e. The topological polar surface area (TPSA) is 24.9 Å². The van der Waals surface area contributed by atoms with Gasteiger partial charge in [-0.3, -0.25) is 4.98 Å². The molecule has 2 rings (SSSR count). The van der Waals surface area contributed by atoms with Gasteiger partial charge < -0.3 is 5.32 Å². The highest BCUT2D eigenvalue weighted by molar-refractivity contribution is 9.10. The first-order chi connectivity index (χ1) is 7.25. The van der Waals surface area contributed by atoms with Crippen LogP contribution in [0.25, 0.3) is 0 Å². The predicted octanol–water partition coefficient (Wildman–Crippen LogP) is 4.24. The Kier molecular flexibility index (Phi) is 3.23. The molecule has 1 heterocycles. The summed E-state index contributed by atoms with van der Waals surface area (Å²) in [5, 5.41) is 3.98. The van der Waals surface area contributed by atoms with Crippen molar-refractivity contribution in [1.82, 2.24) is 4.98 Å². The van der Waals surface area contributed by atoms with E-state index < -0.39 is 0 Å². The van der Waals surface area contributed by atoms with Gasteiger partial charge in [0.25, 0.3) is 0 Å². The third kappa shape index (κ3) is 2.70. The van der Waals surface area contributed by atoms with Crippen LogP contribution in [0.1, 0.15) is 0 Å². The Morgan fingerprint density at radius 3 is 2.53 bits per heavy atom. The highest BCUT2D eigenvalue weighted by Gasteiger charge is 1.98. The summed E-state index contributed by atoms with van der Waals surface area (Å²) in [5.41, 5.74) is 1.97. The first-order valence-corrected chi connectivity index (χ1v) is 5.55. The van der Waals surface area contributed by atoms with Gasteiger partial charge in [0.15, 0.2) is 0 Å². The minimum absolute atomic E-state index is 0.731. The normalized spacial score (nSPS) is 10.0. The van der Waals surface area contributed by atoms with E-state index >= 15 is 0 Å². The van der Waals surface area contributed by atoms with E-state index in [1.807, 2.05) is 30.3 Å². The molecule has 0 aliphatic carbocycles. The molecule has 0 fully saturated rings. The van der Waals surface area contributed by atoms with Crippen LogP contribution in [0.15, 0.2) is 47.2 Å². The maximum absolute atomic E-state index is 5.80. The lowest BCUT2D eigenvalue weighted by atomic mass is 10.3. The van der Waals surface area contributed by atoms with Gasteiger partial charge >= 0.3 is 0 Å². The van der Waals surface area contributed by atoms with Crippen LogP contribution >= 0.6 is 27.5 Å². The molecule has 0 saturated carbocycles. The number of nitrogens with zero attached hydrogens (tertiary/aromatic N) is 1. The van der Waals surface area contributed by atoms with Crippen molar-refractivity contribution in [1.29, 1.82) is 0 Å². The zero-order chi connectivity index (χ0) is 10.7. The van der Waals surface area contributed by atoms with Crippen LogP contribution in [0.2, 0.25) is 5.02 Å².